The summed E-state index contributed by atoms with van der Waals surface area (Å²) in [5.74, 6) is 0.598. The second-order valence-corrected chi connectivity index (χ2v) is 10.8. The van der Waals surface area contributed by atoms with E-state index in [1.165, 1.54) is 17.0 Å². The van der Waals surface area contributed by atoms with Gasteiger partial charge in [0.25, 0.3) is 0 Å². The van der Waals surface area contributed by atoms with Gasteiger partial charge in [0, 0.05) is 36.9 Å². The molecule has 3 aromatic rings. The van der Waals surface area contributed by atoms with Crippen LogP contribution < -0.4 is 0 Å². The van der Waals surface area contributed by atoms with Gasteiger partial charge in [-0.15, -0.1) is 0 Å². The number of carbonyl (C=O) groups is 1. The van der Waals surface area contributed by atoms with Crippen molar-refractivity contribution >= 4 is 16.8 Å². The number of halogens is 1. The molecule has 3 saturated heterocycles. The Labute approximate surface area is 206 Å². The number of hydrogen-bond donors (Lipinski definition) is 0. The molecule has 1 aromatic heterocycles. The van der Waals surface area contributed by atoms with E-state index in [0.717, 1.165) is 37.6 Å². The van der Waals surface area contributed by atoms with Gasteiger partial charge in [-0.2, -0.15) is 0 Å². The van der Waals surface area contributed by atoms with Crippen molar-refractivity contribution in [3.8, 4) is 0 Å². The van der Waals surface area contributed by atoms with Crippen molar-refractivity contribution in [3.63, 3.8) is 0 Å². The van der Waals surface area contributed by atoms with Crippen LogP contribution in [0.2, 0.25) is 0 Å². The molecule has 0 radical (unpaired) electrons. The summed E-state index contributed by atoms with van der Waals surface area (Å²) < 4.78 is 20.2. The fourth-order valence-corrected chi connectivity index (χ4v) is 6.95. The molecule has 2 aromatic carbocycles. The minimum absolute atomic E-state index is 0.211. The Balaban J connectivity index is 1.22. The van der Waals surface area contributed by atoms with E-state index in [2.05, 4.69) is 34.1 Å². The number of hydrogen-bond acceptors (Lipinski definition) is 3. The lowest BCUT2D eigenvalue weighted by Crippen LogP contribution is -2.55. The van der Waals surface area contributed by atoms with E-state index < -0.39 is 5.41 Å². The van der Waals surface area contributed by atoms with Crippen molar-refractivity contribution in [1.29, 1.82) is 0 Å². The van der Waals surface area contributed by atoms with E-state index in [1.54, 1.807) is 6.07 Å². The average molecular weight is 473 g/mol. The largest absolute Gasteiger partial charge is 0.381 e. The number of rotatable bonds is 5. The van der Waals surface area contributed by atoms with E-state index in [4.69, 9.17) is 4.74 Å². The molecular formula is C30H33FN2O2. The predicted molar refractivity (Wildman–Crippen MR) is 134 cm³/mol. The molecule has 35 heavy (non-hydrogen) atoms. The van der Waals surface area contributed by atoms with Crippen LogP contribution in [0.1, 0.15) is 49.7 Å². The number of carbonyl (C=O) groups excluding carboxylic acids is 1. The number of piperidine rings is 1. The van der Waals surface area contributed by atoms with Crippen LogP contribution in [-0.2, 0) is 22.4 Å². The number of ether oxygens (including phenoxy) is 1. The molecule has 3 fully saturated rings. The van der Waals surface area contributed by atoms with Gasteiger partial charge in [0.15, 0.2) is 0 Å². The molecule has 4 heterocycles. The molecule has 4 nitrogen and oxygen atoms in total. The lowest BCUT2D eigenvalue weighted by Gasteiger charge is -2.46. The minimum atomic E-state index is -0.560. The SMILES string of the molecule is O=C(N1C2CCC1CC(Cc1cccc3ncccc13)C2)C1(Cc2ccccc2F)CCOCC1. The van der Waals surface area contributed by atoms with E-state index in [-0.39, 0.29) is 11.7 Å². The second-order valence-electron chi connectivity index (χ2n) is 10.8. The first-order valence-electron chi connectivity index (χ1n) is 13.1. The lowest BCUT2D eigenvalue weighted by atomic mass is 9.72. The Morgan fingerprint density at radius 2 is 1.71 bits per heavy atom. The maximum absolute atomic E-state index is 14.6. The van der Waals surface area contributed by atoms with Gasteiger partial charge in [0.1, 0.15) is 5.82 Å². The van der Waals surface area contributed by atoms with Crippen LogP contribution in [0.25, 0.3) is 10.9 Å². The van der Waals surface area contributed by atoms with Gasteiger partial charge in [-0.05, 0) is 86.6 Å². The van der Waals surface area contributed by atoms with Crippen LogP contribution in [0.4, 0.5) is 4.39 Å². The lowest BCUT2D eigenvalue weighted by molar-refractivity contribution is -0.153. The van der Waals surface area contributed by atoms with Crippen LogP contribution in [-0.4, -0.2) is 41.1 Å². The average Bonchev–Trinajstić information content (AvgIpc) is 3.15. The Kier molecular flexibility index (Phi) is 6.05. The molecule has 182 valence electrons. The Hall–Kier alpha value is -2.79. The number of amides is 1. The monoisotopic (exact) mass is 472 g/mol. The van der Waals surface area contributed by atoms with E-state index in [1.807, 2.05) is 24.4 Å². The minimum Gasteiger partial charge on any atom is -0.381 e. The molecule has 0 aliphatic carbocycles. The molecule has 3 aliphatic rings. The molecule has 2 bridgehead atoms. The molecule has 3 aliphatic heterocycles. The normalized spacial score (nSPS) is 25.6. The highest BCUT2D eigenvalue weighted by Crippen LogP contribution is 2.45. The van der Waals surface area contributed by atoms with Gasteiger partial charge < -0.3 is 9.64 Å². The third kappa shape index (κ3) is 4.24. The van der Waals surface area contributed by atoms with Gasteiger partial charge in [-0.25, -0.2) is 4.39 Å². The zero-order valence-electron chi connectivity index (χ0n) is 20.2. The third-order valence-electron chi connectivity index (χ3n) is 8.70. The van der Waals surface area contributed by atoms with Gasteiger partial charge >= 0.3 is 0 Å². The van der Waals surface area contributed by atoms with Crippen molar-refractivity contribution < 1.29 is 13.9 Å². The van der Waals surface area contributed by atoms with Crippen molar-refractivity contribution in [2.24, 2.45) is 11.3 Å². The topological polar surface area (TPSA) is 42.4 Å². The molecule has 0 spiro atoms. The quantitative estimate of drug-likeness (QED) is 0.477. The highest BCUT2D eigenvalue weighted by Gasteiger charge is 2.50. The predicted octanol–water partition coefficient (Wildman–Crippen LogP) is 5.73. The fourth-order valence-electron chi connectivity index (χ4n) is 6.95. The summed E-state index contributed by atoms with van der Waals surface area (Å²) >= 11 is 0. The number of pyridine rings is 1. The van der Waals surface area contributed by atoms with E-state index in [9.17, 15) is 9.18 Å². The van der Waals surface area contributed by atoms with Crippen molar-refractivity contribution in [1.82, 2.24) is 9.88 Å². The van der Waals surface area contributed by atoms with Crippen molar-refractivity contribution in [3.05, 3.63) is 77.7 Å². The Morgan fingerprint density at radius 3 is 2.49 bits per heavy atom. The zero-order chi connectivity index (χ0) is 23.8. The summed E-state index contributed by atoms with van der Waals surface area (Å²) in [6, 6.07) is 18.1. The van der Waals surface area contributed by atoms with Crippen molar-refractivity contribution in [2.75, 3.05) is 13.2 Å². The van der Waals surface area contributed by atoms with E-state index >= 15 is 0 Å². The van der Waals surface area contributed by atoms with Crippen LogP contribution >= 0.6 is 0 Å². The summed E-state index contributed by atoms with van der Waals surface area (Å²) in [6.07, 6.45) is 8.94. The number of nitrogens with zero attached hydrogens (tertiary/aromatic N) is 2. The number of fused-ring (bicyclic) bond motifs is 3. The number of aromatic nitrogens is 1. The Morgan fingerprint density at radius 1 is 0.971 bits per heavy atom. The standard InChI is InChI=1S/C30H33FN2O2/c31-27-8-2-1-5-23(27)20-30(12-15-35-16-13-30)29(34)33-24-10-11-25(33)19-21(18-24)17-22-6-3-9-28-26(22)7-4-14-32-28/h1-9,14,21,24-25H,10-13,15-20H2. The van der Waals surface area contributed by atoms with Gasteiger partial charge in [0.05, 0.1) is 10.9 Å². The van der Waals surface area contributed by atoms with Crippen LogP contribution in [0.3, 0.4) is 0 Å². The third-order valence-corrected chi connectivity index (χ3v) is 8.70. The summed E-state index contributed by atoms with van der Waals surface area (Å²) in [6.45, 7) is 1.14. The molecule has 6 rings (SSSR count). The van der Waals surface area contributed by atoms with Crippen LogP contribution in [0.5, 0.6) is 0 Å². The van der Waals surface area contributed by atoms with Gasteiger partial charge in [0.2, 0.25) is 5.91 Å². The maximum Gasteiger partial charge on any atom is 0.229 e. The van der Waals surface area contributed by atoms with Gasteiger partial charge in [-0.1, -0.05) is 36.4 Å². The summed E-state index contributed by atoms with van der Waals surface area (Å²) in [5, 5.41) is 1.24. The highest BCUT2D eigenvalue weighted by molar-refractivity contribution is 5.84. The summed E-state index contributed by atoms with van der Waals surface area (Å²) in [4.78, 5) is 21.0. The summed E-state index contributed by atoms with van der Waals surface area (Å²) in [7, 11) is 0. The first kappa shape index (κ1) is 22.7. The van der Waals surface area contributed by atoms with E-state index in [0.29, 0.717) is 56.0 Å². The molecular weight excluding hydrogens is 439 g/mol. The van der Waals surface area contributed by atoms with Crippen LogP contribution in [0, 0.1) is 17.2 Å². The molecule has 5 heteroatoms. The first-order valence-corrected chi connectivity index (χ1v) is 13.1. The highest BCUT2D eigenvalue weighted by atomic mass is 19.1. The Bertz CT molecular complexity index is 1200. The van der Waals surface area contributed by atoms with Crippen molar-refractivity contribution in [2.45, 2.75) is 63.5 Å². The molecule has 1 amide bonds. The molecule has 2 unspecified atom stereocenters. The zero-order valence-corrected chi connectivity index (χ0v) is 20.2. The summed E-state index contributed by atoms with van der Waals surface area (Å²) in [5.41, 5.74) is 2.50. The molecule has 0 saturated carbocycles. The first-order chi connectivity index (χ1) is 17.1. The molecule has 0 N–H and O–H groups in total. The van der Waals surface area contributed by atoms with Crippen LogP contribution in [0.15, 0.2) is 60.8 Å². The fraction of sp³-hybridized carbons (Fsp3) is 0.467. The second kappa shape index (κ2) is 9.34. The smallest absolute Gasteiger partial charge is 0.229 e. The van der Waals surface area contributed by atoms with Gasteiger partial charge in [-0.3, -0.25) is 9.78 Å². The maximum atomic E-state index is 14.6. The number of benzene rings is 2. The molecule has 2 atom stereocenters.